The molecule has 7 aromatic heterocycles. The van der Waals surface area contributed by atoms with Gasteiger partial charge in [-0.25, -0.2) is 4.79 Å². The number of fused-ring (bicyclic) bond motifs is 12. The maximum absolute atomic E-state index is 12.7. The van der Waals surface area contributed by atoms with Gasteiger partial charge in [-0.2, -0.15) is 9.46 Å². The van der Waals surface area contributed by atoms with Crippen LogP contribution in [0.3, 0.4) is 0 Å². The van der Waals surface area contributed by atoms with Gasteiger partial charge in [0.2, 0.25) is 0 Å². The number of pyridine rings is 3. The van der Waals surface area contributed by atoms with E-state index in [0.29, 0.717) is 36.5 Å². The van der Waals surface area contributed by atoms with E-state index >= 15 is 0 Å². The van der Waals surface area contributed by atoms with E-state index < -0.39 is 30.4 Å². The van der Waals surface area contributed by atoms with E-state index in [1.807, 2.05) is 18.2 Å². The quantitative estimate of drug-likeness (QED) is 0.0387. The molecule has 0 radical (unpaired) electrons. The van der Waals surface area contributed by atoms with Gasteiger partial charge in [0, 0.05) is 187 Å². The number of likely N-dealkylation sites (N-methyl/N-ethyl adjacent to an activating group) is 4. The average Bonchev–Trinajstić information content (AvgIpc) is 1.71. The zero-order valence-electron chi connectivity index (χ0n) is 60.1. The predicted octanol–water partition coefficient (Wildman–Crippen LogP) is 10.9. The zero-order chi connectivity index (χ0) is 72.5. The van der Waals surface area contributed by atoms with Crippen molar-refractivity contribution in [2.45, 2.75) is 130 Å². The van der Waals surface area contributed by atoms with Crippen LogP contribution in [-0.2, 0) is 78.0 Å². The van der Waals surface area contributed by atoms with Gasteiger partial charge < -0.3 is 73.8 Å². The molecule has 16 rings (SSSR count). The molecule has 0 amide bonds. The highest BCUT2D eigenvalue weighted by Crippen LogP contribution is 2.38. The first-order valence-electron chi connectivity index (χ1n) is 35.6. The molecule has 4 aliphatic rings. The van der Waals surface area contributed by atoms with Crippen molar-refractivity contribution < 1.29 is 44.6 Å². The minimum Gasteiger partial charge on any atom is -0.619 e. The van der Waals surface area contributed by atoms with E-state index in [0.717, 1.165) is 122 Å². The third-order valence-corrected chi connectivity index (χ3v) is 21.1. The van der Waals surface area contributed by atoms with Gasteiger partial charge in [0.25, 0.3) is 0 Å². The first kappa shape index (κ1) is 71.5. The molecule has 0 spiro atoms. The molecule has 4 unspecified atom stereocenters. The number of ketones is 1. The Balaban J connectivity index is 0.000000122. The number of carboxylic acids is 1. The van der Waals surface area contributed by atoms with Gasteiger partial charge in [-0.1, -0.05) is 53.1 Å². The molecule has 11 heterocycles. The number of nitrogens with zero attached hydrogens (tertiary/aromatic N) is 11. The van der Waals surface area contributed by atoms with Crippen molar-refractivity contribution in [2.75, 3.05) is 54.4 Å². The standard InChI is InChI=1S/C22H24N2O3.C21H25N3O2.C20H23N3O2.C20H21N3O2/c1-14-3-8-19-17(11-14)18-12-23(2)10-9-20(18)24(19)13-21(25)15-4-6-16(7-5-15)22(26)27;1-14(25)16-3-4-19-17(11-16)18-12-23(2)10-7-20(18)24(19)13-21(26)15-5-8-22-9-6-15;2*1-14-3-4-18-16(11-14)17-12-21(2)8-7-19(17)23(18)13-20(24)15-5-9-22(25)10-6-15/h3-8,11,21,25H,9-10,12-13H2,1-2H3,(H,26,27);3-6,8-9,11,14,21,25-26H,7,10,12-13H2,1-2H3;3-6,9-11,20,24H,7-8,12-13H2,1-2H3;3-6,9-11H,7-8,12-13H2,1-2H3. The van der Waals surface area contributed by atoms with Crippen molar-refractivity contribution >= 4 is 55.4 Å². The molecule has 534 valence electrons. The van der Waals surface area contributed by atoms with Crippen LogP contribution in [0.2, 0.25) is 0 Å². The van der Waals surface area contributed by atoms with Crippen molar-refractivity contribution in [3.05, 3.63) is 276 Å². The highest BCUT2D eigenvalue weighted by molar-refractivity contribution is 5.97. The minimum atomic E-state index is -0.957. The second-order valence-corrected chi connectivity index (χ2v) is 28.7. The highest BCUT2D eigenvalue weighted by atomic mass is 16.5. The monoisotopic (exact) mass is 1390 g/mol. The third kappa shape index (κ3) is 15.4. The van der Waals surface area contributed by atoms with Crippen LogP contribution in [0.15, 0.2) is 171 Å². The fraction of sp³-hybridized carbons (Fsp3) is 0.337. The number of rotatable bonds is 14. The molecule has 0 bridgehead atoms. The van der Waals surface area contributed by atoms with Gasteiger partial charge in [-0.3, -0.25) is 9.78 Å². The molecule has 20 nitrogen and oxygen atoms in total. The lowest BCUT2D eigenvalue weighted by Crippen LogP contribution is -2.28. The second kappa shape index (κ2) is 30.6. The first-order valence-corrected chi connectivity index (χ1v) is 35.6. The molecule has 12 aromatic rings. The molecule has 4 atom stereocenters. The van der Waals surface area contributed by atoms with E-state index in [2.05, 4.69) is 159 Å². The Labute approximate surface area is 600 Å². The molecule has 4 aliphatic heterocycles. The topological polar surface area (TPSA) is 235 Å². The van der Waals surface area contributed by atoms with Crippen LogP contribution in [-0.4, -0.2) is 135 Å². The number of hydrogen-bond acceptors (Lipinski definition) is 13. The highest BCUT2D eigenvalue weighted by Gasteiger charge is 2.29. The third-order valence-electron chi connectivity index (χ3n) is 21.1. The van der Waals surface area contributed by atoms with Crippen LogP contribution in [0.4, 0.5) is 0 Å². The number of aromatic carboxylic acids is 1. The van der Waals surface area contributed by atoms with Crippen LogP contribution < -0.4 is 9.46 Å². The molecule has 0 saturated heterocycles. The summed E-state index contributed by atoms with van der Waals surface area (Å²) < 4.78 is 10.4. The summed E-state index contributed by atoms with van der Waals surface area (Å²) in [6.07, 6.45) is 10.5. The number of aryl methyl sites for hydroxylation is 3. The fourth-order valence-corrected chi connectivity index (χ4v) is 15.5. The molecule has 20 heteroatoms. The molecule has 0 aliphatic carbocycles. The zero-order valence-corrected chi connectivity index (χ0v) is 60.1. The van der Waals surface area contributed by atoms with Crippen molar-refractivity contribution in [1.29, 1.82) is 0 Å². The van der Waals surface area contributed by atoms with Crippen LogP contribution in [0.5, 0.6) is 0 Å². The second-order valence-electron chi connectivity index (χ2n) is 28.7. The summed E-state index contributed by atoms with van der Waals surface area (Å²) >= 11 is 0. The van der Waals surface area contributed by atoms with Crippen molar-refractivity contribution in [3.63, 3.8) is 0 Å². The Kier molecular flexibility index (Phi) is 21.2. The SMILES string of the molecule is CC(O)c1ccc2c(c1)c1c(n2CC(O)c2ccncc2)CCN(C)C1.Cc1ccc2c(c1)c1c(n2CC(=O)c2cc[n+]([O-])cc2)CCN(C)C1.Cc1ccc2c(c1)c1c(n2CC(O)c2cc[n+]([O-])cc2)CCN(C)C1.Cc1ccc2c(c1)c1c(n2CC(O)c2ccc(C(=O)O)cc2)CCN(C)C1. The van der Waals surface area contributed by atoms with Gasteiger partial charge in [-0.15, -0.1) is 0 Å². The number of benzene rings is 5. The normalized spacial score (nSPS) is 15.9. The summed E-state index contributed by atoms with van der Waals surface area (Å²) in [6, 6.07) is 42.4. The number of hydrogen-bond donors (Lipinski definition) is 5. The molecule has 0 saturated carbocycles. The van der Waals surface area contributed by atoms with E-state index in [-0.39, 0.29) is 11.3 Å². The minimum absolute atomic E-state index is 0.0276. The van der Waals surface area contributed by atoms with E-state index in [1.165, 1.54) is 114 Å². The lowest BCUT2D eigenvalue weighted by Gasteiger charge is -2.25. The summed E-state index contributed by atoms with van der Waals surface area (Å²) in [5, 5.41) is 78.7. The van der Waals surface area contributed by atoms with Crippen molar-refractivity contribution in [1.82, 2.24) is 42.9 Å². The summed E-state index contributed by atoms with van der Waals surface area (Å²) in [5.41, 5.74) is 23.0. The Morgan fingerprint density at radius 3 is 1.15 bits per heavy atom. The van der Waals surface area contributed by atoms with Gasteiger partial charge >= 0.3 is 5.97 Å². The molecular formula is C83H93N11O9. The predicted molar refractivity (Wildman–Crippen MR) is 400 cm³/mol. The number of carboxylic acid groups (broad SMARTS) is 1. The summed E-state index contributed by atoms with van der Waals surface area (Å²) in [5.74, 6) is -0.930. The molecular weight excluding hydrogens is 1290 g/mol. The number of carbonyl (C=O) groups is 2. The van der Waals surface area contributed by atoms with Gasteiger partial charge in [0.15, 0.2) is 30.6 Å². The summed E-state index contributed by atoms with van der Waals surface area (Å²) in [7, 11) is 8.56. The van der Waals surface area contributed by atoms with Crippen LogP contribution >= 0.6 is 0 Å². The van der Waals surface area contributed by atoms with Gasteiger partial charge in [-0.05, 0) is 173 Å². The Bertz CT molecular complexity index is 5060. The maximum atomic E-state index is 12.7. The fourth-order valence-electron chi connectivity index (χ4n) is 15.5. The van der Waals surface area contributed by atoms with E-state index in [4.69, 9.17) is 5.11 Å². The Hall–Kier alpha value is -9.87. The smallest absolute Gasteiger partial charge is 0.335 e. The lowest BCUT2D eigenvalue weighted by molar-refractivity contribution is -0.605. The van der Waals surface area contributed by atoms with Crippen LogP contribution in [0.25, 0.3) is 43.6 Å². The van der Waals surface area contributed by atoms with E-state index in [9.17, 15) is 40.4 Å². The van der Waals surface area contributed by atoms with Gasteiger partial charge in [0.05, 0.1) is 56.2 Å². The molecule has 103 heavy (non-hydrogen) atoms. The number of aliphatic hydroxyl groups excluding tert-OH is 4. The Morgan fingerprint density at radius 1 is 0.427 bits per heavy atom. The number of carbonyl (C=O) groups excluding carboxylic acids is 1. The van der Waals surface area contributed by atoms with Crippen molar-refractivity contribution in [3.8, 4) is 0 Å². The molecule has 0 fully saturated rings. The van der Waals surface area contributed by atoms with Crippen molar-refractivity contribution in [2.24, 2.45) is 0 Å². The van der Waals surface area contributed by atoms with Crippen LogP contribution in [0, 0.1) is 31.2 Å². The first-order chi connectivity index (χ1) is 49.5. The van der Waals surface area contributed by atoms with Crippen LogP contribution in [0.1, 0.15) is 136 Å². The van der Waals surface area contributed by atoms with Gasteiger partial charge in [0.1, 0.15) is 0 Å². The number of aliphatic hydroxyl groups is 4. The summed E-state index contributed by atoms with van der Waals surface area (Å²) in [6.45, 7) is 17.6. The molecule has 5 aromatic carbocycles. The van der Waals surface area contributed by atoms with E-state index in [1.54, 1.807) is 67.8 Å². The average molecular weight is 1390 g/mol. The maximum Gasteiger partial charge on any atom is 0.335 e. The Morgan fingerprint density at radius 2 is 0.757 bits per heavy atom. The summed E-state index contributed by atoms with van der Waals surface area (Å²) in [4.78, 5) is 37.1. The molecule has 5 N–H and O–H groups in total. The lowest BCUT2D eigenvalue weighted by atomic mass is 10.0. The number of Topliss-reactive ketones (excluding diaryl/α,β-unsaturated/α-hetero) is 1. The largest absolute Gasteiger partial charge is 0.619 e. The number of aromatic nitrogens is 7.